The SMILES string of the molecule is COCCN(C(=O)c1csc(C#CCN)c1)C(C)C. The molecule has 104 valence electrons. The van der Waals surface area contributed by atoms with Crippen LogP contribution in [0.3, 0.4) is 0 Å². The molecule has 0 spiro atoms. The third-order valence-electron chi connectivity index (χ3n) is 2.58. The minimum Gasteiger partial charge on any atom is -0.383 e. The van der Waals surface area contributed by atoms with Gasteiger partial charge in [-0.05, 0) is 19.9 Å². The van der Waals surface area contributed by atoms with Crippen LogP contribution in [0.2, 0.25) is 0 Å². The van der Waals surface area contributed by atoms with Crippen LogP contribution in [0.1, 0.15) is 29.1 Å². The van der Waals surface area contributed by atoms with Gasteiger partial charge in [-0.15, -0.1) is 11.3 Å². The summed E-state index contributed by atoms with van der Waals surface area (Å²) in [4.78, 5) is 15.0. The molecule has 2 N–H and O–H groups in total. The summed E-state index contributed by atoms with van der Waals surface area (Å²) < 4.78 is 5.04. The molecule has 0 aliphatic rings. The predicted octanol–water partition coefficient (Wildman–Crippen LogP) is 1.56. The molecule has 0 saturated heterocycles. The second-order valence-electron chi connectivity index (χ2n) is 4.29. The maximum Gasteiger partial charge on any atom is 0.255 e. The van der Waals surface area contributed by atoms with Crippen LogP contribution < -0.4 is 5.73 Å². The Hall–Kier alpha value is -1.35. The van der Waals surface area contributed by atoms with E-state index in [1.165, 1.54) is 11.3 Å². The molecule has 0 atom stereocenters. The zero-order valence-corrected chi connectivity index (χ0v) is 12.4. The number of hydrogen-bond acceptors (Lipinski definition) is 4. The normalized spacial score (nSPS) is 10.2. The van der Waals surface area contributed by atoms with E-state index in [9.17, 15) is 4.79 Å². The monoisotopic (exact) mass is 280 g/mol. The first-order valence-corrected chi connectivity index (χ1v) is 7.05. The molecule has 0 aliphatic heterocycles. The lowest BCUT2D eigenvalue weighted by molar-refractivity contribution is 0.0635. The van der Waals surface area contributed by atoms with Gasteiger partial charge in [-0.3, -0.25) is 4.79 Å². The highest BCUT2D eigenvalue weighted by atomic mass is 32.1. The molecule has 0 radical (unpaired) electrons. The lowest BCUT2D eigenvalue weighted by atomic mass is 10.2. The second kappa shape index (κ2) is 7.95. The van der Waals surface area contributed by atoms with Gasteiger partial charge in [0.25, 0.3) is 5.91 Å². The Morgan fingerprint density at radius 2 is 2.32 bits per heavy atom. The molecule has 1 heterocycles. The van der Waals surface area contributed by atoms with Gasteiger partial charge in [0.15, 0.2) is 0 Å². The first kappa shape index (κ1) is 15.7. The summed E-state index contributed by atoms with van der Waals surface area (Å²) in [6, 6.07) is 1.96. The van der Waals surface area contributed by atoms with Crippen molar-refractivity contribution in [3.8, 4) is 11.8 Å². The molecular formula is C14H20N2O2S. The highest BCUT2D eigenvalue weighted by Gasteiger charge is 2.19. The maximum atomic E-state index is 12.4. The van der Waals surface area contributed by atoms with Gasteiger partial charge in [-0.1, -0.05) is 11.8 Å². The average molecular weight is 280 g/mol. The third kappa shape index (κ3) is 4.67. The molecule has 0 aromatic carbocycles. The van der Waals surface area contributed by atoms with Crippen LogP contribution in [0.15, 0.2) is 11.4 Å². The molecule has 5 heteroatoms. The number of amides is 1. The number of carbonyl (C=O) groups is 1. The van der Waals surface area contributed by atoms with E-state index in [1.807, 2.05) is 25.3 Å². The van der Waals surface area contributed by atoms with Gasteiger partial charge in [0.05, 0.1) is 23.6 Å². The fourth-order valence-electron chi connectivity index (χ4n) is 1.60. The Morgan fingerprint density at radius 3 is 2.89 bits per heavy atom. The van der Waals surface area contributed by atoms with Crippen LogP contribution in [-0.4, -0.2) is 43.7 Å². The van der Waals surface area contributed by atoms with Crippen molar-refractivity contribution in [3.63, 3.8) is 0 Å². The molecule has 1 amide bonds. The Balaban J connectivity index is 2.81. The quantitative estimate of drug-likeness (QED) is 0.833. The molecule has 0 fully saturated rings. The molecule has 1 aromatic rings. The largest absolute Gasteiger partial charge is 0.383 e. The third-order valence-corrected chi connectivity index (χ3v) is 3.43. The Morgan fingerprint density at radius 1 is 1.58 bits per heavy atom. The summed E-state index contributed by atoms with van der Waals surface area (Å²) in [5, 5.41) is 1.84. The first-order chi connectivity index (χ1) is 9.10. The zero-order chi connectivity index (χ0) is 14.3. The summed E-state index contributed by atoms with van der Waals surface area (Å²) in [5.74, 6) is 5.74. The number of hydrogen-bond donors (Lipinski definition) is 1. The molecule has 0 bridgehead atoms. The lowest BCUT2D eigenvalue weighted by Crippen LogP contribution is -2.39. The predicted molar refractivity (Wildman–Crippen MR) is 78.3 cm³/mol. The minimum absolute atomic E-state index is 0.0177. The fourth-order valence-corrected chi connectivity index (χ4v) is 2.35. The van der Waals surface area contributed by atoms with E-state index in [1.54, 1.807) is 12.0 Å². The number of ether oxygens (including phenoxy) is 1. The van der Waals surface area contributed by atoms with Gasteiger partial charge < -0.3 is 15.4 Å². The van der Waals surface area contributed by atoms with Gasteiger partial charge in [-0.25, -0.2) is 0 Å². The lowest BCUT2D eigenvalue weighted by Gasteiger charge is -2.26. The van der Waals surface area contributed by atoms with E-state index in [4.69, 9.17) is 10.5 Å². The maximum absolute atomic E-state index is 12.4. The van der Waals surface area contributed by atoms with Crippen LogP contribution in [0.4, 0.5) is 0 Å². The Bertz CT molecular complexity index is 471. The van der Waals surface area contributed by atoms with Crippen molar-refractivity contribution in [2.24, 2.45) is 5.73 Å². The summed E-state index contributed by atoms with van der Waals surface area (Å²) in [5.41, 5.74) is 6.00. The van der Waals surface area contributed by atoms with Crippen molar-refractivity contribution >= 4 is 17.2 Å². The van der Waals surface area contributed by atoms with E-state index in [-0.39, 0.29) is 11.9 Å². The molecule has 1 aromatic heterocycles. The molecule has 0 saturated carbocycles. The van der Waals surface area contributed by atoms with Gasteiger partial charge in [0, 0.05) is 25.1 Å². The molecule has 0 unspecified atom stereocenters. The Kier molecular flexibility index (Phi) is 6.57. The molecule has 0 aliphatic carbocycles. The Labute approximate surface area is 118 Å². The van der Waals surface area contributed by atoms with E-state index in [0.717, 1.165) is 4.88 Å². The minimum atomic E-state index is 0.0177. The van der Waals surface area contributed by atoms with E-state index >= 15 is 0 Å². The highest BCUT2D eigenvalue weighted by molar-refractivity contribution is 7.10. The van der Waals surface area contributed by atoms with Crippen molar-refractivity contribution in [3.05, 3.63) is 21.9 Å². The fraction of sp³-hybridized carbons (Fsp3) is 0.500. The number of rotatable bonds is 5. The zero-order valence-electron chi connectivity index (χ0n) is 11.6. The van der Waals surface area contributed by atoms with Crippen molar-refractivity contribution in [1.82, 2.24) is 4.90 Å². The summed E-state index contributed by atoms with van der Waals surface area (Å²) in [7, 11) is 1.63. The van der Waals surface area contributed by atoms with E-state index < -0.39 is 0 Å². The number of thiophene rings is 1. The van der Waals surface area contributed by atoms with Crippen molar-refractivity contribution < 1.29 is 9.53 Å². The second-order valence-corrected chi connectivity index (χ2v) is 5.20. The van der Waals surface area contributed by atoms with Crippen LogP contribution in [0.25, 0.3) is 0 Å². The van der Waals surface area contributed by atoms with Gasteiger partial charge in [0.1, 0.15) is 0 Å². The first-order valence-electron chi connectivity index (χ1n) is 6.17. The topological polar surface area (TPSA) is 55.6 Å². The van der Waals surface area contributed by atoms with Crippen molar-refractivity contribution in [2.75, 3.05) is 26.8 Å². The number of methoxy groups -OCH3 is 1. The summed E-state index contributed by atoms with van der Waals surface area (Å²) in [6.45, 7) is 5.44. The standard InChI is InChI=1S/C14H20N2O2S/c1-11(2)16(7-8-18-3)14(17)12-9-13(19-10-12)5-4-6-15/h9-11H,6-8,15H2,1-3H3. The average Bonchev–Trinajstić information content (AvgIpc) is 2.85. The number of nitrogens with two attached hydrogens (primary N) is 1. The van der Waals surface area contributed by atoms with E-state index in [2.05, 4.69) is 11.8 Å². The van der Waals surface area contributed by atoms with Crippen LogP contribution >= 0.6 is 11.3 Å². The van der Waals surface area contributed by atoms with Crippen molar-refractivity contribution in [1.29, 1.82) is 0 Å². The molecule has 4 nitrogen and oxygen atoms in total. The van der Waals surface area contributed by atoms with Gasteiger partial charge >= 0.3 is 0 Å². The van der Waals surface area contributed by atoms with Gasteiger partial charge in [0.2, 0.25) is 0 Å². The molecule has 1 rings (SSSR count). The summed E-state index contributed by atoms with van der Waals surface area (Å²) in [6.07, 6.45) is 0. The molecular weight excluding hydrogens is 260 g/mol. The smallest absolute Gasteiger partial charge is 0.255 e. The van der Waals surface area contributed by atoms with E-state index in [0.29, 0.717) is 25.3 Å². The van der Waals surface area contributed by atoms with Crippen LogP contribution in [0, 0.1) is 11.8 Å². The van der Waals surface area contributed by atoms with Crippen LogP contribution in [0.5, 0.6) is 0 Å². The van der Waals surface area contributed by atoms with Crippen LogP contribution in [-0.2, 0) is 4.74 Å². The molecule has 19 heavy (non-hydrogen) atoms. The summed E-state index contributed by atoms with van der Waals surface area (Å²) >= 11 is 1.46. The number of carbonyl (C=O) groups excluding carboxylic acids is 1. The van der Waals surface area contributed by atoms with Crippen molar-refractivity contribution in [2.45, 2.75) is 19.9 Å². The number of nitrogens with zero attached hydrogens (tertiary/aromatic N) is 1. The highest BCUT2D eigenvalue weighted by Crippen LogP contribution is 2.16. The van der Waals surface area contributed by atoms with Gasteiger partial charge in [-0.2, -0.15) is 0 Å².